The lowest BCUT2D eigenvalue weighted by atomic mass is 9.99. The van der Waals surface area contributed by atoms with Crippen LogP contribution in [-0.4, -0.2) is 4.57 Å². The summed E-state index contributed by atoms with van der Waals surface area (Å²) >= 11 is 0. The van der Waals surface area contributed by atoms with Gasteiger partial charge in [-0.15, -0.1) is 0 Å². The zero-order valence-corrected chi connectivity index (χ0v) is 15.2. The van der Waals surface area contributed by atoms with Crippen molar-refractivity contribution in [3.8, 4) is 28.3 Å². The highest BCUT2D eigenvalue weighted by molar-refractivity contribution is 5.88. The number of benzene rings is 3. The Morgan fingerprint density at radius 1 is 0.852 bits per heavy atom. The summed E-state index contributed by atoms with van der Waals surface area (Å²) in [6.45, 7) is 2.03. The van der Waals surface area contributed by atoms with Gasteiger partial charge in [-0.05, 0) is 47.9 Å². The van der Waals surface area contributed by atoms with E-state index in [2.05, 4.69) is 6.07 Å². The number of fused-ring (bicyclic) bond motifs is 1. The Bertz CT molecular complexity index is 1240. The van der Waals surface area contributed by atoms with E-state index < -0.39 is 0 Å². The molecule has 0 saturated carbocycles. The lowest BCUT2D eigenvalue weighted by Crippen LogP contribution is -2.10. The topological polar surface area (TPSA) is 45.8 Å². The molecule has 0 N–H and O–H groups in total. The summed E-state index contributed by atoms with van der Waals surface area (Å²) < 4.78 is 1.99. The van der Waals surface area contributed by atoms with Gasteiger partial charge in [-0.25, -0.2) is 0 Å². The maximum absolute atomic E-state index is 13.2. The lowest BCUT2D eigenvalue weighted by molar-refractivity contribution is 0.952. The van der Waals surface area contributed by atoms with Gasteiger partial charge in [0.25, 0.3) is 0 Å². The van der Waals surface area contributed by atoms with Crippen LogP contribution in [0.2, 0.25) is 0 Å². The molecule has 3 heteroatoms. The summed E-state index contributed by atoms with van der Waals surface area (Å²) in [5, 5.41) is 9.66. The predicted molar refractivity (Wildman–Crippen MR) is 110 cm³/mol. The molecule has 3 aromatic carbocycles. The Balaban J connectivity index is 1.91. The quantitative estimate of drug-likeness (QED) is 0.508. The molecule has 0 radical (unpaired) electrons. The minimum absolute atomic E-state index is 0.0300. The number of nitriles is 1. The van der Waals surface area contributed by atoms with E-state index in [9.17, 15) is 4.79 Å². The molecule has 0 aliphatic carbocycles. The Morgan fingerprint density at radius 3 is 2.15 bits per heavy atom. The van der Waals surface area contributed by atoms with Crippen LogP contribution in [-0.2, 0) is 7.05 Å². The van der Waals surface area contributed by atoms with Crippen LogP contribution in [0, 0.1) is 18.3 Å². The molecule has 1 aromatic heterocycles. The molecule has 0 aliphatic heterocycles. The molecule has 4 rings (SSSR count). The average Bonchev–Trinajstić information content (AvgIpc) is 2.71. The molecule has 27 heavy (non-hydrogen) atoms. The van der Waals surface area contributed by atoms with E-state index in [0.29, 0.717) is 16.5 Å². The predicted octanol–water partition coefficient (Wildman–Crippen LogP) is 5.05. The minimum atomic E-state index is 0.0300. The van der Waals surface area contributed by atoms with Crippen molar-refractivity contribution in [2.24, 2.45) is 7.05 Å². The van der Waals surface area contributed by atoms with Gasteiger partial charge in [0.05, 0.1) is 17.1 Å². The largest absolute Gasteiger partial charge is 0.350 e. The summed E-state index contributed by atoms with van der Waals surface area (Å²) in [6.07, 6.45) is 1.90. The number of aromatic nitrogens is 1. The van der Waals surface area contributed by atoms with Crippen LogP contribution in [0.4, 0.5) is 0 Å². The van der Waals surface area contributed by atoms with Crippen molar-refractivity contribution in [2.45, 2.75) is 6.92 Å². The van der Waals surface area contributed by atoms with Gasteiger partial charge in [-0.2, -0.15) is 5.26 Å². The molecule has 3 nitrogen and oxygen atoms in total. The first-order valence-corrected chi connectivity index (χ1v) is 8.78. The molecule has 130 valence electrons. The fourth-order valence-electron chi connectivity index (χ4n) is 3.35. The number of hydrogen-bond acceptors (Lipinski definition) is 2. The molecular weight excluding hydrogens is 332 g/mol. The third-order valence-electron chi connectivity index (χ3n) is 4.90. The van der Waals surface area contributed by atoms with Crippen LogP contribution in [0.1, 0.15) is 11.1 Å². The molecule has 0 spiro atoms. The van der Waals surface area contributed by atoms with E-state index in [1.807, 2.05) is 79.3 Å². The van der Waals surface area contributed by atoms with Crippen LogP contribution in [0.3, 0.4) is 0 Å². The first-order valence-electron chi connectivity index (χ1n) is 8.78. The summed E-state index contributed by atoms with van der Waals surface area (Å²) in [5.41, 5.74) is 6.28. The zero-order valence-electron chi connectivity index (χ0n) is 15.2. The monoisotopic (exact) mass is 350 g/mol. The fourth-order valence-corrected chi connectivity index (χ4v) is 3.35. The Hall–Kier alpha value is -3.64. The van der Waals surface area contributed by atoms with E-state index in [1.165, 1.54) is 5.56 Å². The summed E-state index contributed by atoms with van der Waals surface area (Å²) in [7, 11) is 1.96. The fraction of sp³-hybridized carbons (Fsp3) is 0.0833. The van der Waals surface area contributed by atoms with Crippen molar-refractivity contribution in [3.63, 3.8) is 0 Å². The van der Waals surface area contributed by atoms with E-state index in [1.54, 1.807) is 12.1 Å². The highest BCUT2D eigenvalue weighted by atomic mass is 16.1. The number of rotatable bonds is 2. The average molecular weight is 350 g/mol. The van der Waals surface area contributed by atoms with E-state index in [-0.39, 0.29) is 5.43 Å². The highest BCUT2D eigenvalue weighted by Gasteiger charge is 2.11. The van der Waals surface area contributed by atoms with Crippen molar-refractivity contribution >= 4 is 10.9 Å². The molecule has 0 fully saturated rings. The van der Waals surface area contributed by atoms with Crippen LogP contribution < -0.4 is 5.43 Å². The SMILES string of the molecule is Cc1ccc(-c2cn(C)c3ccc(-c4ccc(C#N)cc4)cc3c2=O)cc1. The van der Waals surface area contributed by atoms with Crippen LogP contribution >= 0.6 is 0 Å². The van der Waals surface area contributed by atoms with Gasteiger partial charge in [0.15, 0.2) is 5.43 Å². The first-order chi connectivity index (χ1) is 13.1. The molecule has 1 heterocycles. The number of nitrogens with zero attached hydrogens (tertiary/aromatic N) is 2. The van der Waals surface area contributed by atoms with Crippen LogP contribution in [0.25, 0.3) is 33.2 Å². The van der Waals surface area contributed by atoms with Crippen LogP contribution in [0.15, 0.2) is 77.7 Å². The maximum atomic E-state index is 13.2. The van der Waals surface area contributed by atoms with Crippen molar-refractivity contribution in [1.29, 1.82) is 5.26 Å². The van der Waals surface area contributed by atoms with Gasteiger partial charge in [0.2, 0.25) is 0 Å². The smallest absolute Gasteiger partial charge is 0.197 e. The van der Waals surface area contributed by atoms with E-state index >= 15 is 0 Å². The first kappa shape index (κ1) is 16.8. The summed E-state index contributed by atoms with van der Waals surface area (Å²) in [4.78, 5) is 13.2. The zero-order chi connectivity index (χ0) is 19.0. The molecule has 0 atom stereocenters. The van der Waals surface area contributed by atoms with Crippen molar-refractivity contribution < 1.29 is 0 Å². The van der Waals surface area contributed by atoms with E-state index in [4.69, 9.17) is 5.26 Å². The molecule has 4 aromatic rings. The molecule has 0 bridgehead atoms. The second-order valence-corrected chi connectivity index (χ2v) is 6.77. The van der Waals surface area contributed by atoms with E-state index in [0.717, 1.165) is 22.2 Å². The minimum Gasteiger partial charge on any atom is -0.350 e. The van der Waals surface area contributed by atoms with Crippen LogP contribution in [0.5, 0.6) is 0 Å². The highest BCUT2D eigenvalue weighted by Crippen LogP contribution is 2.25. The van der Waals surface area contributed by atoms with Crippen molar-refractivity contribution in [2.75, 3.05) is 0 Å². The maximum Gasteiger partial charge on any atom is 0.197 e. The molecule has 0 amide bonds. The number of pyridine rings is 1. The summed E-state index contributed by atoms with van der Waals surface area (Å²) in [5.74, 6) is 0. The third kappa shape index (κ3) is 3.02. The Labute approximate surface area is 157 Å². The molecular formula is C24H18N2O. The van der Waals surface area contributed by atoms with Gasteiger partial charge in [0.1, 0.15) is 0 Å². The van der Waals surface area contributed by atoms with Gasteiger partial charge in [-0.1, -0.05) is 48.0 Å². The number of aryl methyl sites for hydroxylation is 2. The van der Waals surface area contributed by atoms with Gasteiger partial charge >= 0.3 is 0 Å². The normalized spacial score (nSPS) is 10.7. The second-order valence-electron chi connectivity index (χ2n) is 6.77. The second kappa shape index (κ2) is 6.59. The molecule has 0 unspecified atom stereocenters. The van der Waals surface area contributed by atoms with Gasteiger partial charge < -0.3 is 4.57 Å². The van der Waals surface area contributed by atoms with Crippen molar-refractivity contribution in [1.82, 2.24) is 4.57 Å². The molecule has 0 aliphatic rings. The van der Waals surface area contributed by atoms with Gasteiger partial charge in [-0.3, -0.25) is 4.79 Å². The lowest BCUT2D eigenvalue weighted by Gasteiger charge is -2.11. The number of hydrogen-bond donors (Lipinski definition) is 0. The summed E-state index contributed by atoms with van der Waals surface area (Å²) in [6, 6.07) is 23.5. The van der Waals surface area contributed by atoms with Gasteiger partial charge in [0, 0.05) is 24.2 Å². The molecule has 0 saturated heterocycles. The van der Waals surface area contributed by atoms with Crippen molar-refractivity contribution in [3.05, 3.63) is 94.3 Å². The third-order valence-corrected chi connectivity index (χ3v) is 4.90. The standard InChI is InChI=1S/C24H18N2O/c1-16-3-7-19(8-4-16)22-15-26(2)23-12-11-20(13-21(23)24(22)27)18-9-5-17(14-25)6-10-18/h3-13,15H,1-2H3. The Kier molecular flexibility index (Phi) is 4.10. The Morgan fingerprint density at radius 2 is 1.48 bits per heavy atom.